The summed E-state index contributed by atoms with van der Waals surface area (Å²) >= 11 is 0. The van der Waals surface area contributed by atoms with E-state index < -0.39 is 0 Å². The minimum Gasteiger partial charge on any atom is -0.497 e. The maximum atomic E-state index is 5.37. The molecule has 0 amide bonds. The molecule has 0 saturated carbocycles. The van der Waals surface area contributed by atoms with Gasteiger partial charge < -0.3 is 9.30 Å². The van der Waals surface area contributed by atoms with Crippen molar-refractivity contribution in [3.8, 4) is 17.1 Å². The molecule has 1 heterocycles. The zero-order chi connectivity index (χ0) is 16.4. The van der Waals surface area contributed by atoms with Crippen molar-refractivity contribution in [3.05, 3.63) is 48.0 Å². The minimum atomic E-state index is 0.558. The summed E-state index contributed by atoms with van der Waals surface area (Å²) in [6.07, 6.45) is 1.03. The number of rotatable bonds is 5. The molecular formula is C20H24N2O. The maximum absolute atomic E-state index is 5.37. The van der Waals surface area contributed by atoms with Crippen LogP contribution in [0.25, 0.3) is 22.4 Å². The third-order valence-corrected chi connectivity index (χ3v) is 4.10. The molecule has 3 aromatic rings. The molecule has 2 aromatic carbocycles. The Balaban J connectivity index is 2.20. The summed E-state index contributed by atoms with van der Waals surface area (Å²) in [7, 11) is 1.70. The van der Waals surface area contributed by atoms with Gasteiger partial charge in [0, 0.05) is 12.1 Å². The SMILES string of the molecule is CCc1ccc2c(c1)nc(-c1cccc(OC)c1)n2CC(C)C. The van der Waals surface area contributed by atoms with Crippen LogP contribution in [0, 0.1) is 5.92 Å². The van der Waals surface area contributed by atoms with E-state index in [0.717, 1.165) is 35.6 Å². The van der Waals surface area contributed by atoms with Gasteiger partial charge in [-0.3, -0.25) is 0 Å². The molecule has 3 rings (SSSR count). The fraction of sp³-hybridized carbons (Fsp3) is 0.350. The van der Waals surface area contributed by atoms with Crippen molar-refractivity contribution in [3.63, 3.8) is 0 Å². The first-order valence-electron chi connectivity index (χ1n) is 8.26. The Morgan fingerprint density at radius 3 is 2.65 bits per heavy atom. The summed E-state index contributed by atoms with van der Waals surface area (Å²) in [6.45, 7) is 7.60. The lowest BCUT2D eigenvalue weighted by molar-refractivity contribution is 0.415. The van der Waals surface area contributed by atoms with E-state index in [1.54, 1.807) is 7.11 Å². The molecule has 120 valence electrons. The Morgan fingerprint density at radius 1 is 1.13 bits per heavy atom. The van der Waals surface area contributed by atoms with Crippen LogP contribution >= 0.6 is 0 Å². The van der Waals surface area contributed by atoms with Gasteiger partial charge in [0.1, 0.15) is 11.6 Å². The molecule has 3 nitrogen and oxygen atoms in total. The third kappa shape index (κ3) is 3.09. The fourth-order valence-electron chi connectivity index (χ4n) is 2.93. The second-order valence-electron chi connectivity index (χ2n) is 6.35. The van der Waals surface area contributed by atoms with Crippen molar-refractivity contribution in [2.75, 3.05) is 7.11 Å². The molecule has 1 aromatic heterocycles. The number of imidazole rings is 1. The Bertz CT molecular complexity index is 818. The molecule has 0 bridgehead atoms. The first-order valence-corrected chi connectivity index (χ1v) is 8.26. The van der Waals surface area contributed by atoms with Gasteiger partial charge in [-0.1, -0.05) is 39.0 Å². The van der Waals surface area contributed by atoms with Crippen LogP contribution in [-0.4, -0.2) is 16.7 Å². The van der Waals surface area contributed by atoms with Gasteiger partial charge in [0.15, 0.2) is 0 Å². The number of methoxy groups -OCH3 is 1. The van der Waals surface area contributed by atoms with Crippen molar-refractivity contribution < 1.29 is 4.74 Å². The number of aromatic nitrogens is 2. The molecule has 0 aliphatic rings. The van der Waals surface area contributed by atoms with Crippen molar-refractivity contribution in [1.82, 2.24) is 9.55 Å². The van der Waals surface area contributed by atoms with E-state index >= 15 is 0 Å². The van der Waals surface area contributed by atoms with Gasteiger partial charge in [-0.2, -0.15) is 0 Å². The number of ether oxygens (including phenoxy) is 1. The molecule has 0 fully saturated rings. The maximum Gasteiger partial charge on any atom is 0.141 e. The molecule has 3 heteroatoms. The summed E-state index contributed by atoms with van der Waals surface area (Å²) in [5.74, 6) is 2.43. The Hall–Kier alpha value is -2.29. The van der Waals surface area contributed by atoms with Crippen LogP contribution in [0.5, 0.6) is 5.75 Å². The number of nitrogens with zero attached hydrogens (tertiary/aromatic N) is 2. The predicted octanol–water partition coefficient (Wildman–Crippen LogP) is 4.93. The average Bonchev–Trinajstić information content (AvgIpc) is 2.92. The molecule has 0 N–H and O–H groups in total. The summed E-state index contributed by atoms with van der Waals surface area (Å²) in [5.41, 5.74) is 4.69. The molecule has 0 aliphatic heterocycles. The lowest BCUT2D eigenvalue weighted by Gasteiger charge is -2.12. The molecular weight excluding hydrogens is 284 g/mol. The summed E-state index contributed by atoms with van der Waals surface area (Å²) in [4.78, 5) is 4.93. The Kier molecular flexibility index (Phi) is 4.37. The van der Waals surface area contributed by atoms with E-state index in [4.69, 9.17) is 9.72 Å². The van der Waals surface area contributed by atoms with Crippen LogP contribution in [0.3, 0.4) is 0 Å². The average molecular weight is 308 g/mol. The highest BCUT2D eigenvalue weighted by Crippen LogP contribution is 2.28. The predicted molar refractivity (Wildman–Crippen MR) is 95.9 cm³/mol. The summed E-state index contributed by atoms with van der Waals surface area (Å²) in [5, 5.41) is 0. The Labute approximate surface area is 137 Å². The number of fused-ring (bicyclic) bond motifs is 1. The highest BCUT2D eigenvalue weighted by atomic mass is 16.5. The topological polar surface area (TPSA) is 27.1 Å². The van der Waals surface area contributed by atoms with Crippen LogP contribution in [0.15, 0.2) is 42.5 Å². The molecule has 0 aliphatic carbocycles. The van der Waals surface area contributed by atoms with E-state index in [1.807, 2.05) is 12.1 Å². The van der Waals surface area contributed by atoms with Crippen LogP contribution in [0.4, 0.5) is 0 Å². The van der Waals surface area contributed by atoms with Crippen molar-refractivity contribution in [2.45, 2.75) is 33.7 Å². The van der Waals surface area contributed by atoms with Gasteiger partial charge >= 0.3 is 0 Å². The molecule has 0 unspecified atom stereocenters. The zero-order valence-corrected chi connectivity index (χ0v) is 14.3. The van der Waals surface area contributed by atoms with Gasteiger partial charge in [0.2, 0.25) is 0 Å². The molecule has 0 atom stereocenters. The Morgan fingerprint density at radius 2 is 1.96 bits per heavy atom. The largest absolute Gasteiger partial charge is 0.497 e. The molecule has 0 spiro atoms. The second-order valence-corrected chi connectivity index (χ2v) is 6.35. The van der Waals surface area contributed by atoms with Crippen LogP contribution in [0.2, 0.25) is 0 Å². The van der Waals surface area contributed by atoms with Gasteiger partial charge in [0.25, 0.3) is 0 Å². The number of benzene rings is 2. The van der Waals surface area contributed by atoms with Gasteiger partial charge in [-0.05, 0) is 42.2 Å². The molecule has 0 radical (unpaired) electrons. The van der Waals surface area contributed by atoms with Crippen molar-refractivity contribution in [1.29, 1.82) is 0 Å². The van der Waals surface area contributed by atoms with Gasteiger partial charge in [-0.15, -0.1) is 0 Å². The van der Waals surface area contributed by atoms with E-state index in [9.17, 15) is 0 Å². The van der Waals surface area contributed by atoms with Crippen LogP contribution < -0.4 is 4.74 Å². The van der Waals surface area contributed by atoms with Crippen molar-refractivity contribution in [2.24, 2.45) is 5.92 Å². The highest BCUT2D eigenvalue weighted by molar-refractivity contribution is 5.81. The lowest BCUT2D eigenvalue weighted by atomic mass is 10.1. The van der Waals surface area contributed by atoms with Crippen LogP contribution in [0.1, 0.15) is 26.3 Å². The highest BCUT2D eigenvalue weighted by Gasteiger charge is 2.14. The zero-order valence-electron chi connectivity index (χ0n) is 14.3. The quantitative estimate of drug-likeness (QED) is 0.668. The molecule has 0 saturated heterocycles. The van der Waals surface area contributed by atoms with E-state index in [-0.39, 0.29) is 0 Å². The van der Waals surface area contributed by atoms with Crippen molar-refractivity contribution >= 4 is 11.0 Å². The lowest BCUT2D eigenvalue weighted by Crippen LogP contribution is -2.06. The minimum absolute atomic E-state index is 0.558. The van der Waals surface area contributed by atoms with Crippen LogP contribution in [-0.2, 0) is 13.0 Å². The fourth-order valence-corrected chi connectivity index (χ4v) is 2.93. The van der Waals surface area contributed by atoms with Gasteiger partial charge in [0.05, 0.1) is 18.1 Å². The standard InChI is InChI=1S/C20H24N2O/c1-5-15-9-10-19-18(11-15)21-20(22(19)13-14(2)3)16-7-6-8-17(12-16)23-4/h6-12,14H,5,13H2,1-4H3. The van der Waals surface area contributed by atoms with E-state index in [2.05, 4.69) is 55.7 Å². The van der Waals surface area contributed by atoms with E-state index in [1.165, 1.54) is 11.1 Å². The smallest absolute Gasteiger partial charge is 0.141 e. The number of hydrogen-bond acceptors (Lipinski definition) is 2. The van der Waals surface area contributed by atoms with E-state index in [0.29, 0.717) is 5.92 Å². The summed E-state index contributed by atoms with van der Waals surface area (Å²) in [6, 6.07) is 14.7. The monoisotopic (exact) mass is 308 g/mol. The number of aryl methyl sites for hydroxylation is 1. The second kappa shape index (κ2) is 6.45. The summed E-state index contributed by atoms with van der Waals surface area (Å²) < 4.78 is 7.70. The first-order chi connectivity index (χ1) is 11.1. The van der Waals surface area contributed by atoms with Gasteiger partial charge in [-0.25, -0.2) is 4.98 Å². The first kappa shape index (κ1) is 15.6. The normalized spacial score (nSPS) is 11.3. The third-order valence-electron chi connectivity index (χ3n) is 4.10. The number of hydrogen-bond donors (Lipinski definition) is 0. The molecule has 23 heavy (non-hydrogen) atoms.